The molecule has 0 saturated carbocycles. The smallest absolute Gasteiger partial charge is 0.247 e. The summed E-state index contributed by atoms with van der Waals surface area (Å²) in [5.41, 5.74) is 2.73. The Morgan fingerprint density at radius 2 is 1.55 bits per heavy atom. The second-order valence-electron chi connectivity index (χ2n) is 15.0. The SMILES string of the molecule is Cc1cc(C)n(CC(=O)Nc2cc(C(=O)c3cn(C(C(O[SiH](C)C)C(C)(C)C)C(O[SiH](C)C)C(C)(C)C)c4ncncc34)ccn2)n1. The highest BCUT2D eigenvalue weighted by molar-refractivity contribution is 6.48. The molecule has 0 aromatic carbocycles. The van der Waals surface area contributed by atoms with Crippen LogP contribution in [0.3, 0.4) is 0 Å². The second-order valence-corrected chi connectivity index (χ2v) is 19.8. The van der Waals surface area contributed by atoms with Crippen molar-refractivity contribution in [3.63, 3.8) is 0 Å². The monoisotopic (exact) mass is 677 g/mol. The molecule has 0 bridgehead atoms. The fourth-order valence-electron chi connectivity index (χ4n) is 5.98. The molecule has 4 aromatic rings. The number of carbonyl (C=O) groups excluding carboxylic acids is 2. The van der Waals surface area contributed by atoms with E-state index in [0.29, 0.717) is 22.2 Å². The molecule has 4 aromatic heterocycles. The Kier molecular flexibility index (Phi) is 11.0. The zero-order chi connectivity index (χ0) is 34.8. The highest BCUT2D eigenvalue weighted by Gasteiger charge is 2.45. The number of rotatable bonds is 12. The standard InChI is InChI=1S/C34H51N7O4Si2/c1-21-15-22(2)41(39-21)19-27(42)38-26-16-23(13-14-36-26)29(43)25-18-40(32-24(25)17-35-20-37-32)28(30(33(3,4)5)44-46(9)10)31(34(6,7)8)45-47(11)12/h13-18,20,28,30-31,46-47H,19H2,1-12H3,(H,36,38,42). The molecule has 0 aliphatic rings. The van der Waals surface area contributed by atoms with Crippen LogP contribution >= 0.6 is 0 Å². The van der Waals surface area contributed by atoms with E-state index < -0.39 is 18.1 Å². The number of anilines is 1. The van der Waals surface area contributed by atoms with E-state index in [-0.39, 0.29) is 53.1 Å². The summed E-state index contributed by atoms with van der Waals surface area (Å²) in [6.07, 6.45) is 6.19. The van der Waals surface area contributed by atoms with Crippen LogP contribution in [0.5, 0.6) is 0 Å². The lowest BCUT2D eigenvalue weighted by molar-refractivity contribution is -0.117. The molecule has 0 saturated heterocycles. The van der Waals surface area contributed by atoms with Crippen LogP contribution in [0.15, 0.2) is 43.1 Å². The van der Waals surface area contributed by atoms with E-state index in [4.69, 9.17) is 13.8 Å². The summed E-state index contributed by atoms with van der Waals surface area (Å²) in [5.74, 6) is -0.229. The fourth-order valence-corrected chi connectivity index (χ4v) is 8.29. The van der Waals surface area contributed by atoms with Crippen molar-refractivity contribution in [2.24, 2.45) is 10.8 Å². The van der Waals surface area contributed by atoms with Gasteiger partial charge in [0.1, 0.15) is 24.3 Å². The van der Waals surface area contributed by atoms with E-state index in [1.807, 2.05) is 26.1 Å². The Morgan fingerprint density at radius 3 is 2.09 bits per heavy atom. The first kappa shape index (κ1) is 36.3. The molecular weight excluding hydrogens is 627 g/mol. The van der Waals surface area contributed by atoms with Crippen molar-refractivity contribution in [1.29, 1.82) is 0 Å². The number of hydrogen-bond donors (Lipinski definition) is 1. The molecule has 11 nitrogen and oxygen atoms in total. The Morgan fingerprint density at radius 1 is 0.936 bits per heavy atom. The van der Waals surface area contributed by atoms with E-state index in [2.05, 4.69) is 92.7 Å². The molecule has 0 fully saturated rings. The maximum Gasteiger partial charge on any atom is 0.247 e. The molecule has 13 heteroatoms. The van der Waals surface area contributed by atoms with Crippen LogP contribution in [0.2, 0.25) is 26.2 Å². The van der Waals surface area contributed by atoms with E-state index >= 15 is 0 Å². The van der Waals surface area contributed by atoms with Crippen LogP contribution in [0.1, 0.15) is 74.9 Å². The number of amides is 1. The van der Waals surface area contributed by atoms with Crippen LogP contribution in [-0.4, -0.2) is 71.3 Å². The molecular formula is C34H51N7O4Si2. The normalized spacial score (nSPS) is 14.5. The van der Waals surface area contributed by atoms with Crippen molar-refractivity contribution in [3.8, 4) is 0 Å². The number of carbonyl (C=O) groups is 2. The number of pyridine rings is 1. The summed E-state index contributed by atoms with van der Waals surface area (Å²) in [5, 5.41) is 7.82. The molecule has 2 unspecified atom stereocenters. The van der Waals surface area contributed by atoms with E-state index in [1.54, 1.807) is 23.0 Å². The lowest BCUT2D eigenvalue weighted by Crippen LogP contribution is -2.51. The zero-order valence-corrected chi connectivity index (χ0v) is 32.3. The van der Waals surface area contributed by atoms with E-state index in [9.17, 15) is 9.59 Å². The average molecular weight is 678 g/mol. The maximum atomic E-state index is 14.3. The first-order valence-electron chi connectivity index (χ1n) is 16.3. The number of fused-ring (bicyclic) bond motifs is 1. The number of aromatic nitrogens is 6. The van der Waals surface area contributed by atoms with Crippen LogP contribution in [0.4, 0.5) is 5.82 Å². The second kappa shape index (κ2) is 14.3. The summed E-state index contributed by atoms with van der Waals surface area (Å²) in [6, 6.07) is 4.89. The highest BCUT2D eigenvalue weighted by Crippen LogP contribution is 2.43. The third-order valence-corrected chi connectivity index (χ3v) is 9.59. The lowest BCUT2D eigenvalue weighted by atomic mass is 9.76. The molecule has 2 atom stereocenters. The zero-order valence-electron chi connectivity index (χ0n) is 30.0. The van der Waals surface area contributed by atoms with Gasteiger partial charge in [-0.3, -0.25) is 14.3 Å². The maximum absolute atomic E-state index is 14.3. The van der Waals surface area contributed by atoms with Crippen LogP contribution in [-0.2, 0) is 20.2 Å². The van der Waals surface area contributed by atoms with Crippen molar-refractivity contribution in [3.05, 3.63) is 65.6 Å². The van der Waals surface area contributed by atoms with Gasteiger partial charge >= 0.3 is 0 Å². The predicted octanol–water partition coefficient (Wildman–Crippen LogP) is 5.88. The van der Waals surface area contributed by atoms with Crippen LogP contribution in [0.25, 0.3) is 11.0 Å². The van der Waals surface area contributed by atoms with Gasteiger partial charge in [-0.25, -0.2) is 15.0 Å². The number of hydrogen-bond acceptors (Lipinski definition) is 8. The predicted molar refractivity (Wildman–Crippen MR) is 191 cm³/mol. The third kappa shape index (κ3) is 8.69. The van der Waals surface area contributed by atoms with E-state index in [0.717, 1.165) is 11.4 Å². The summed E-state index contributed by atoms with van der Waals surface area (Å²) in [4.78, 5) is 40.5. The largest absolute Gasteiger partial charge is 0.415 e. The highest BCUT2D eigenvalue weighted by atomic mass is 28.3. The van der Waals surface area contributed by atoms with Crippen molar-refractivity contribution < 1.29 is 18.4 Å². The topological polar surface area (TPSA) is 126 Å². The third-order valence-electron chi connectivity index (χ3n) is 7.91. The van der Waals surface area contributed by atoms with Gasteiger partial charge in [-0.15, -0.1) is 0 Å². The van der Waals surface area contributed by atoms with Crippen molar-refractivity contribution >= 4 is 46.6 Å². The van der Waals surface area contributed by atoms with Gasteiger partial charge < -0.3 is 18.7 Å². The first-order valence-corrected chi connectivity index (χ1v) is 21.9. The number of ketones is 1. The van der Waals surface area contributed by atoms with Crippen LogP contribution in [0, 0.1) is 24.7 Å². The van der Waals surface area contributed by atoms with Crippen molar-refractivity contribution in [1.82, 2.24) is 29.3 Å². The molecule has 0 radical (unpaired) electrons. The molecule has 0 aliphatic carbocycles. The van der Waals surface area contributed by atoms with Crippen molar-refractivity contribution in [2.75, 3.05) is 5.32 Å². The molecule has 1 amide bonds. The van der Waals surface area contributed by atoms with Gasteiger partial charge in [-0.05, 0) is 69.1 Å². The first-order chi connectivity index (χ1) is 21.9. The van der Waals surface area contributed by atoms with Gasteiger partial charge in [0.25, 0.3) is 0 Å². The number of nitrogens with zero attached hydrogens (tertiary/aromatic N) is 6. The Bertz CT molecular complexity index is 1690. The molecule has 0 spiro atoms. The Hall–Kier alpha value is -3.53. The molecule has 47 heavy (non-hydrogen) atoms. The van der Waals surface area contributed by atoms with Crippen LogP contribution < -0.4 is 5.32 Å². The lowest BCUT2D eigenvalue weighted by Gasteiger charge is -2.47. The molecule has 4 rings (SSSR count). The fraction of sp³-hybridized carbons (Fsp3) is 0.529. The van der Waals surface area contributed by atoms with Gasteiger partial charge in [0.2, 0.25) is 5.91 Å². The number of nitrogens with one attached hydrogen (secondary N) is 1. The minimum absolute atomic E-state index is 0.0399. The quantitative estimate of drug-likeness (QED) is 0.146. The summed E-state index contributed by atoms with van der Waals surface area (Å²) < 4.78 is 17.5. The van der Waals surface area contributed by atoms with Gasteiger partial charge in [0.15, 0.2) is 23.9 Å². The van der Waals surface area contributed by atoms with Crippen molar-refractivity contribution in [2.45, 2.75) is 106 Å². The van der Waals surface area contributed by atoms with Gasteiger partial charge in [-0.1, -0.05) is 41.5 Å². The molecule has 1 N–H and O–H groups in total. The average Bonchev–Trinajstić information content (AvgIpc) is 3.49. The summed E-state index contributed by atoms with van der Waals surface area (Å²) >= 11 is 0. The molecule has 4 heterocycles. The molecule has 0 aliphatic heterocycles. The molecule has 254 valence electrons. The van der Waals surface area contributed by atoms with Gasteiger partial charge in [0.05, 0.1) is 29.5 Å². The van der Waals surface area contributed by atoms with E-state index in [1.165, 1.54) is 12.5 Å². The minimum atomic E-state index is -1.51. The Labute approximate surface area is 282 Å². The Balaban J connectivity index is 1.80. The minimum Gasteiger partial charge on any atom is -0.415 e. The van der Waals surface area contributed by atoms with Gasteiger partial charge in [-0.2, -0.15) is 5.10 Å². The summed E-state index contributed by atoms with van der Waals surface area (Å²) in [6.45, 7) is 25.7. The number of aryl methyl sites for hydroxylation is 2. The summed E-state index contributed by atoms with van der Waals surface area (Å²) in [7, 11) is -3.02. The van der Waals surface area contributed by atoms with Gasteiger partial charge in [0, 0.05) is 35.2 Å².